The minimum absolute atomic E-state index is 0.106. The molecule has 3 nitrogen and oxygen atoms in total. The number of hydrogen-bond acceptors (Lipinski definition) is 2. The summed E-state index contributed by atoms with van der Waals surface area (Å²) >= 11 is 0. The molecule has 0 aromatic heterocycles. The second-order valence-corrected chi connectivity index (χ2v) is 3.99. The van der Waals surface area contributed by atoms with Gasteiger partial charge < -0.3 is 10.2 Å². The zero-order chi connectivity index (χ0) is 10.5. The van der Waals surface area contributed by atoms with Crippen LogP contribution in [-0.2, 0) is 4.79 Å². The Balaban J connectivity index is 4.41. The summed E-state index contributed by atoms with van der Waals surface area (Å²) in [5.41, 5.74) is -0.137. The number of nitrogens with one attached hydrogen (secondary N) is 1. The van der Waals surface area contributed by atoms with E-state index < -0.39 is 0 Å². The van der Waals surface area contributed by atoms with Gasteiger partial charge in [-0.2, -0.15) is 0 Å². The summed E-state index contributed by atoms with van der Waals surface area (Å²) < 4.78 is 0. The van der Waals surface area contributed by atoms with Gasteiger partial charge in [0.2, 0.25) is 5.91 Å². The molecule has 0 bridgehead atoms. The molecule has 0 saturated carbocycles. The third-order valence-corrected chi connectivity index (χ3v) is 1.75. The Labute approximate surface area is 80.8 Å². The molecule has 1 amide bonds. The van der Waals surface area contributed by atoms with Crippen molar-refractivity contribution in [3.8, 4) is 0 Å². The van der Waals surface area contributed by atoms with E-state index in [1.54, 1.807) is 18.0 Å². The molecule has 3 heteroatoms. The second-order valence-electron chi connectivity index (χ2n) is 3.99. The lowest BCUT2D eigenvalue weighted by atomic mass is 10.1. The first-order valence-electron chi connectivity index (χ1n) is 4.49. The predicted molar refractivity (Wildman–Crippen MR) is 55.6 cm³/mol. The fourth-order valence-corrected chi connectivity index (χ4v) is 1.13. The van der Waals surface area contributed by atoms with Crippen LogP contribution in [0, 0.1) is 0 Å². The summed E-state index contributed by atoms with van der Waals surface area (Å²) in [6, 6.07) is 0. The third-order valence-electron chi connectivity index (χ3n) is 1.75. The van der Waals surface area contributed by atoms with E-state index in [0.717, 1.165) is 0 Å². The molecule has 0 aromatic carbocycles. The maximum Gasteiger partial charge on any atom is 0.237 e. The van der Waals surface area contributed by atoms with E-state index in [-0.39, 0.29) is 11.4 Å². The highest BCUT2D eigenvalue weighted by atomic mass is 16.2. The number of rotatable bonds is 4. The zero-order valence-corrected chi connectivity index (χ0v) is 9.05. The van der Waals surface area contributed by atoms with Crippen molar-refractivity contribution in [2.24, 2.45) is 0 Å². The Bertz CT molecular complexity index is 182. The topological polar surface area (TPSA) is 32.3 Å². The lowest BCUT2D eigenvalue weighted by Crippen LogP contribution is -2.48. The van der Waals surface area contributed by atoms with Crippen molar-refractivity contribution in [2.75, 3.05) is 20.1 Å². The van der Waals surface area contributed by atoms with Gasteiger partial charge in [0, 0.05) is 12.1 Å². The minimum atomic E-state index is -0.137. The largest absolute Gasteiger partial charge is 0.333 e. The van der Waals surface area contributed by atoms with Gasteiger partial charge in [0.15, 0.2) is 0 Å². The number of nitrogens with zero attached hydrogens (tertiary/aromatic N) is 1. The summed E-state index contributed by atoms with van der Waals surface area (Å²) in [6.07, 6.45) is 1.75. The molecule has 0 saturated heterocycles. The van der Waals surface area contributed by atoms with Crippen molar-refractivity contribution >= 4 is 5.91 Å². The van der Waals surface area contributed by atoms with Crippen LogP contribution in [0.3, 0.4) is 0 Å². The van der Waals surface area contributed by atoms with Gasteiger partial charge in [0.05, 0.1) is 6.54 Å². The Morgan fingerprint density at radius 2 is 2.08 bits per heavy atom. The average molecular weight is 184 g/mol. The summed E-state index contributed by atoms with van der Waals surface area (Å²) in [7, 11) is 1.77. The monoisotopic (exact) mass is 184 g/mol. The molecule has 0 spiro atoms. The van der Waals surface area contributed by atoms with Crippen molar-refractivity contribution < 1.29 is 4.79 Å². The highest BCUT2D eigenvalue weighted by molar-refractivity contribution is 5.79. The molecule has 0 heterocycles. The van der Waals surface area contributed by atoms with Crippen LogP contribution in [0.25, 0.3) is 0 Å². The van der Waals surface area contributed by atoms with Crippen LogP contribution in [0.15, 0.2) is 12.7 Å². The molecule has 13 heavy (non-hydrogen) atoms. The SMILES string of the molecule is C=CCN(C(=O)CNC)C(C)(C)C. The molecule has 0 unspecified atom stereocenters. The van der Waals surface area contributed by atoms with E-state index in [4.69, 9.17) is 0 Å². The third kappa shape index (κ3) is 4.08. The fourth-order valence-electron chi connectivity index (χ4n) is 1.13. The van der Waals surface area contributed by atoms with Crippen molar-refractivity contribution in [1.29, 1.82) is 0 Å². The highest BCUT2D eigenvalue weighted by Gasteiger charge is 2.24. The summed E-state index contributed by atoms with van der Waals surface area (Å²) in [5, 5.41) is 2.85. The molecule has 0 rings (SSSR count). The molecule has 1 N–H and O–H groups in total. The molecule has 0 atom stereocenters. The smallest absolute Gasteiger partial charge is 0.237 e. The van der Waals surface area contributed by atoms with Crippen LogP contribution in [0.1, 0.15) is 20.8 Å². The van der Waals surface area contributed by atoms with Gasteiger partial charge in [-0.15, -0.1) is 6.58 Å². The molecule has 0 fully saturated rings. The summed E-state index contributed by atoms with van der Waals surface area (Å²) in [6.45, 7) is 10.7. The fraction of sp³-hybridized carbons (Fsp3) is 0.700. The molecule has 76 valence electrons. The number of hydrogen-bond donors (Lipinski definition) is 1. The first-order valence-corrected chi connectivity index (χ1v) is 4.49. The van der Waals surface area contributed by atoms with Gasteiger partial charge in [-0.05, 0) is 27.8 Å². The van der Waals surface area contributed by atoms with Gasteiger partial charge in [-0.1, -0.05) is 6.08 Å². The van der Waals surface area contributed by atoms with E-state index in [1.165, 1.54) is 0 Å². The van der Waals surface area contributed by atoms with E-state index in [9.17, 15) is 4.79 Å². The summed E-state index contributed by atoms with van der Waals surface area (Å²) in [5.74, 6) is 0.106. The lowest BCUT2D eigenvalue weighted by molar-refractivity contribution is -0.134. The Morgan fingerprint density at radius 1 is 1.54 bits per heavy atom. The standard InChI is InChI=1S/C10H20N2O/c1-6-7-12(10(2,3)4)9(13)8-11-5/h6,11H,1,7-8H2,2-5H3. The highest BCUT2D eigenvalue weighted by Crippen LogP contribution is 2.12. The molecule has 0 aromatic rings. The zero-order valence-electron chi connectivity index (χ0n) is 9.05. The van der Waals surface area contributed by atoms with Crippen molar-refractivity contribution in [1.82, 2.24) is 10.2 Å². The first-order chi connectivity index (χ1) is 5.93. The van der Waals surface area contributed by atoms with Crippen molar-refractivity contribution in [3.63, 3.8) is 0 Å². The van der Waals surface area contributed by atoms with Gasteiger partial charge >= 0.3 is 0 Å². The maximum atomic E-state index is 11.6. The minimum Gasteiger partial charge on any atom is -0.333 e. The van der Waals surface area contributed by atoms with Crippen LogP contribution in [0.2, 0.25) is 0 Å². The normalized spacial score (nSPS) is 11.1. The molecule has 0 radical (unpaired) electrons. The van der Waals surface area contributed by atoms with Gasteiger partial charge in [-0.3, -0.25) is 4.79 Å². The Hall–Kier alpha value is -0.830. The average Bonchev–Trinajstić information content (AvgIpc) is 1.98. The summed E-state index contributed by atoms with van der Waals surface area (Å²) in [4.78, 5) is 13.4. The maximum absolute atomic E-state index is 11.6. The predicted octanol–water partition coefficient (Wildman–Crippen LogP) is 1.02. The Morgan fingerprint density at radius 3 is 2.38 bits per heavy atom. The molecular weight excluding hydrogens is 164 g/mol. The number of carbonyl (C=O) groups excluding carboxylic acids is 1. The van der Waals surface area contributed by atoms with Crippen molar-refractivity contribution in [3.05, 3.63) is 12.7 Å². The first kappa shape index (κ1) is 12.2. The molecule has 0 aliphatic heterocycles. The van der Waals surface area contributed by atoms with Crippen molar-refractivity contribution in [2.45, 2.75) is 26.3 Å². The van der Waals surface area contributed by atoms with Crippen LogP contribution < -0.4 is 5.32 Å². The molecule has 0 aliphatic carbocycles. The second kappa shape index (κ2) is 5.02. The van der Waals surface area contributed by atoms with Crippen LogP contribution in [0.4, 0.5) is 0 Å². The van der Waals surface area contributed by atoms with Crippen LogP contribution >= 0.6 is 0 Å². The molecular formula is C10H20N2O. The van der Waals surface area contributed by atoms with E-state index >= 15 is 0 Å². The van der Waals surface area contributed by atoms with Crippen LogP contribution in [0.5, 0.6) is 0 Å². The van der Waals surface area contributed by atoms with E-state index in [2.05, 4.69) is 11.9 Å². The molecule has 0 aliphatic rings. The van der Waals surface area contributed by atoms with Gasteiger partial charge in [-0.25, -0.2) is 0 Å². The number of carbonyl (C=O) groups is 1. The van der Waals surface area contributed by atoms with Gasteiger partial charge in [0.25, 0.3) is 0 Å². The van der Waals surface area contributed by atoms with E-state index in [1.807, 2.05) is 20.8 Å². The Kier molecular flexibility index (Phi) is 4.70. The van der Waals surface area contributed by atoms with Gasteiger partial charge in [0.1, 0.15) is 0 Å². The van der Waals surface area contributed by atoms with E-state index in [0.29, 0.717) is 13.1 Å². The van der Waals surface area contributed by atoms with Crippen LogP contribution in [-0.4, -0.2) is 36.5 Å². The lowest BCUT2D eigenvalue weighted by Gasteiger charge is -2.34. The number of likely N-dealkylation sites (N-methyl/N-ethyl adjacent to an activating group) is 1. The quantitative estimate of drug-likeness (QED) is 0.662. The number of amides is 1.